The molecule has 0 aliphatic heterocycles. The maximum Gasteiger partial charge on any atom is 0.256 e. The van der Waals surface area contributed by atoms with E-state index in [-0.39, 0.29) is 6.61 Å². The number of halogens is 1. The third kappa shape index (κ3) is 4.73. The van der Waals surface area contributed by atoms with Gasteiger partial charge in [-0.3, -0.25) is 4.79 Å². The summed E-state index contributed by atoms with van der Waals surface area (Å²) in [4.78, 5) is 13.0. The maximum absolute atomic E-state index is 11.1. The van der Waals surface area contributed by atoms with Crippen molar-refractivity contribution in [1.82, 2.24) is 4.90 Å². The molecule has 1 aromatic rings. The SMILES string of the molecule is CN(CCO)CCOc1ccccc1C(=O)Cl. The molecule has 17 heavy (non-hydrogen) atoms. The van der Waals surface area contributed by atoms with E-state index in [0.29, 0.717) is 31.0 Å². The summed E-state index contributed by atoms with van der Waals surface area (Å²) in [5, 5.41) is 8.20. The van der Waals surface area contributed by atoms with Crippen molar-refractivity contribution >= 4 is 16.8 Å². The molecule has 0 saturated heterocycles. The van der Waals surface area contributed by atoms with Gasteiger partial charge < -0.3 is 14.7 Å². The lowest BCUT2D eigenvalue weighted by Crippen LogP contribution is -2.27. The molecule has 0 aliphatic rings. The van der Waals surface area contributed by atoms with Gasteiger partial charge in [0.1, 0.15) is 12.4 Å². The van der Waals surface area contributed by atoms with E-state index in [2.05, 4.69) is 0 Å². The lowest BCUT2D eigenvalue weighted by Gasteiger charge is -2.16. The predicted octanol–water partition coefficient (Wildman–Crippen LogP) is 1.37. The number of para-hydroxylation sites is 1. The first kappa shape index (κ1) is 14.0. The van der Waals surface area contributed by atoms with E-state index >= 15 is 0 Å². The van der Waals surface area contributed by atoms with Crippen LogP contribution in [0, 0.1) is 0 Å². The number of aliphatic hydroxyl groups excluding tert-OH is 1. The number of aliphatic hydroxyl groups is 1. The summed E-state index contributed by atoms with van der Waals surface area (Å²) in [6, 6.07) is 6.86. The van der Waals surface area contributed by atoms with E-state index in [0.717, 1.165) is 0 Å². The number of nitrogens with zero attached hydrogens (tertiary/aromatic N) is 1. The molecule has 1 aromatic carbocycles. The molecule has 0 radical (unpaired) electrons. The molecule has 0 bridgehead atoms. The van der Waals surface area contributed by atoms with Gasteiger partial charge in [0.05, 0.1) is 12.2 Å². The highest BCUT2D eigenvalue weighted by molar-refractivity contribution is 6.68. The maximum atomic E-state index is 11.1. The van der Waals surface area contributed by atoms with Crippen LogP contribution in [0.5, 0.6) is 5.75 Å². The second kappa shape index (κ2) is 7.27. The number of rotatable bonds is 7. The highest BCUT2D eigenvalue weighted by Crippen LogP contribution is 2.19. The third-order valence-corrected chi connectivity index (χ3v) is 2.51. The van der Waals surface area contributed by atoms with Crippen LogP contribution in [-0.4, -0.2) is 48.6 Å². The Hall–Kier alpha value is -1.10. The number of ether oxygens (including phenoxy) is 1. The lowest BCUT2D eigenvalue weighted by atomic mass is 10.2. The fourth-order valence-electron chi connectivity index (χ4n) is 1.35. The summed E-state index contributed by atoms with van der Waals surface area (Å²) < 4.78 is 5.49. The van der Waals surface area contributed by atoms with Crippen molar-refractivity contribution in [2.75, 3.05) is 33.4 Å². The second-order valence-electron chi connectivity index (χ2n) is 3.65. The number of hydrogen-bond donors (Lipinski definition) is 1. The molecule has 0 spiro atoms. The average molecular weight is 258 g/mol. The Kier molecular flexibility index (Phi) is 5.97. The first-order chi connectivity index (χ1) is 8.15. The quantitative estimate of drug-likeness (QED) is 0.750. The van der Waals surface area contributed by atoms with Gasteiger partial charge in [0.2, 0.25) is 0 Å². The average Bonchev–Trinajstić information content (AvgIpc) is 2.30. The van der Waals surface area contributed by atoms with Gasteiger partial charge in [-0.15, -0.1) is 0 Å². The Balaban J connectivity index is 2.49. The van der Waals surface area contributed by atoms with E-state index in [1.54, 1.807) is 24.3 Å². The Morgan fingerprint density at radius 3 is 2.76 bits per heavy atom. The van der Waals surface area contributed by atoms with Gasteiger partial charge in [0, 0.05) is 13.1 Å². The standard InChI is InChI=1S/C12H16ClNO3/c1-14(6-8-15)7-9-17-11-5-3-2-4-10(11)12(13)16/h2-5,15H,6-9H2,1H3. The highest BCUT2D eigenvalue weighted by Gasteiger charge is 2.09. The Labute approximate surface area is 106 Å². The monoisotopic (exact) mass is 257 g/mol. The minimum absolute atomic E-state index is 0.118. The molecular formula is C12H16ClNO3. The molecule has 5 heteroatoms. The van der Waals surface area contributed by atoms with Gasteiger partial charge in [-0.1, -0.05) is 12.1 Å². The van der Waals surface area contributed by atoms with Crippen LogP contribution < -0.4 is 4.74 Å². The summed E-state index contributed by atoms with van der Waals surface area (Å²) in [5.74, 6) is 0.491. The number of benzene rings is 1. The Morgan fingerprint density at radius 1 is 1.41 bits per heavy atom. The molecule has 0 aliphatic carbocycles. The van der Waals surface area contributed by atoms with Crippen LogP contribution in [0.2, 0.25) is 0 Å². The summed E-state index contributed by atoms with van der Waals surface area (Å²) in [6.07, 6.45) is 0. The summed E-state index contributed by atoms with van der Waals surface area (Å²) in [6.45, 7) is 1.83. The van der Waals surface area contributed by atoms with Gasteiger partial charge >= 0.3 is 0 Å². The van der Waals surface area contributed by atoms with Crippen molar-refractivity contribution in [3.63, 3.8) is 0 Å². The number of likely N-dealkylation sites (N-methyl/N-ethyl adjacent to an activating group) is 1. The summed E-state index contributed by atoms with van der Waals surface area (Å²) >= 11 is 5.44. The molecule has 1 N–H and O–H groups in total. The normalized spacial score (nSPS) is 10.6. The van der Waals surface area contributed by atoms with Crippen LogP contribution in [0.15, 0.2) is 24.3 Å². The fourth-order valence-corrected chi connectivity index (χ4v) is 1.50. The zero-order chi connectivity index (χ0) is 12.7. The first-order valence-corrected chi connectivity index (χ1v) is 5.74. The van der Waals surface area contributed by atoms with E-state index in [1.165, 1.54) is 0 Å². The molecule has 0 amide bonds. The third-order valence-electron chi connectivity index (χ3n) is 2.31. The smallest absolute Gasteiger partial charge is 0.256 e. The van der Waals surface area contributed by atoms with Crippen LogP contribution in [0.25, 0.3) is 0 Å². The molecule has 94 valence electrons. The van der Waals surface area contributed by atoms with E-state index in [4.69, 9.17) is 21.4 Å². The zero-order valence-electron chi connectivity index (χ0n) is 9.73. The molecule has 0 heterocycles. The van der Waals surface area contributed by atoms with Gasteiger partial charge in [-0.2, -0.15) is 0 Å². The van der Waals surface area contributed by atoms with Crippen molar-refractivity contribution in [2.45, 2.75) is 0 Å². The van der Waals surface area contributed by atoms with Crippen LogP contribution in [0.4, 0.5) is 0 Å². The molecule has 0 unspecified atom stereocenters. The van der Waals surface area contributed by atoms with Crippen molar-refractivity contribution in [1.29, 1.82) is 0 Å². The molecule has 1 rings (SSSR count). The molecule has 0 aromatic heterocycles. The number of carbonyl (C=O) groups is 1. The fraction of sp³-hybridized carbons (Fsp3) is 0.417. The predicted molar refractivity (Wildman–Crippen MR) is 66.7 cm³/mol. The molecular weight excluding hydrogens is 242 g/mol. The molecule has 4 nitrogen and oxygen atoms in total. The zero-order valence-corrected chi connectivity index (χ0v) is 10.5. The first-order valence-electron chi connectivity index (χ1n) is 5.36. The molecule has 0 saturated carbocycles. The number of hydrogen-bond acceptors (Lipinski definition) is 4. The Morgan fingerprint density at radius 2 is 2.12 bits per heavy atom. The van der Waals surface area contributed by atoms with E-state index in [1.807, 2.05) is 11.9 Å². The van der Waals surface area contributed by atoms with Crippen molar-refractivity contribution < 1.29 is 14.6 Å². The van der Waals surface area contributed by atoms with Crippen LogP contribution in [0.3, 0.4) is 0 Å². The summed E-state index contributed by atoms with van der Waals surface area (Å²) in [5.41, 5.74) is 0.374. The second-order valence-corrected chi connectivity index (χ2v) is 3.99. The Bertz CT molecular complexity index is 371. The molecule has 0 fully saturated rings. The van der Waals surface area contributed by atoms with Gasteiger partial charge in [-0.25, -0.2) is 0 Å². The van der Waals surface area contributed by atoms with Crippen LogP contribution in [-0.2, 0) is 0 Å². The minimum atomic E-state index is -0.524. The largest absolute Gasteiger partial charge is 0.491 e. The lowest BCUT2D eigenvalue weighted by molar-refractivity contribution is 0.107. The van der Waals surface area contributed by atoms with Crippen molar-refractivity contribution in [3.8, 4) is 5.75 Å². The van der Waals surface area contributed by atoms with Crippen LogP contribution >= 0.6 is 11.6 Å². The van der Waals surface area contributed by atoms with Gasteiger partial charge in [-0.05, 0) is 30.8 Å². The van der Waals surface area contributed by atoms with Gasteiger partial charge in [0.15, 0.2) is 0 Å². The van der Waals surface area contributed by atoms with E-state index in [9.17, 15) is 4.79 Å². The number of carbonyl (C=O) groups excluding carboxylic acids is 1. The summed E-state index contributed by atoms with van der Waals surface area (Å²) in [7, 11) is 1.89. The van der Waals surface area contributed by atoms with Gasteiger partial charge in [0.25, 0.3) is 5.24 Å². The minimum Gasteiger partial charge on any atom is -0.491 e. The molecule has 0 atom stereocenters. The van der Waals surface area contributed by atoms with Crippen molar-refractivity contribution in [2.24, 2.45) is 0 Å². The van der Waals surface area contributed by atoms with Crippen molar-refractivity contribution in [3.05, 3.63) is 29.8 Å². The van der Waals surface area contributed by atoms with Crippen LogP contribution in [0.1, 0.15) is 10.4 Å². The topological polar surface area (TPSA) is 49.8 Å². The van der Waals surface area contributed by atoms with E-state index < -0.39 is 5.24 Å². The highest BCUT2D eigenvalue weighted by atomic mass is 35.5.